The molecular formula is C25H24N2O3. The summed E-state index contributed by atoms with van der Waals surface area (Å²) >= 11 is 0. The summed E-state index contributed by atoms with van der Waals surface area (Å²) in [7, 11) is 0. The lowest BCUT2D eigenvalue weighted by atomic mass is 10.2. The molecule has 152 valence electrons. The predicted octanol–water partition coefficient (Wildman–Crippen LogP) is 4.90. The van der Waals surface area contributed by atoms with Crippen LogP contribution in [0.15, 0.2) is 90.6 Å². The van der Waals surface area contributed by atoms with Gasteiger partial charge in [-0.05, 0) is 54.4 Å². The van der Waals surface area contributed by atoms with Gasteiger partial charge in [0.1, 0.15) is 24.7 Å². The van der Waals surface area contributed by atoms with E-state index >= 15 is 0 Å². The number of carbonyl (C=O) groups excluding carboxylic acids is 1. The highest BCUT2D eigenvalue weighted by Gasteiger charge is 2.05. The number of ether oxygens (including phenoxy) is 2. The molecule has 0 radical (unpaired) electrons. The van der Waals surface area contributed by atoms with Crippen LogP contribution in [0.25, 0.3) is 0 Å². The number of hydrogen-bond donors (Lipinski definition) is 1. The second-order valence-electron chi connectivity index (χ2n) is 6.67. The van der Waals surface area contributed by atoms with Gasteiger partial charge in [-0.15, -0.1) is 0 Å². The molecule has 0 aliphatic heterocycles. The van der Waals surface area contributed by atoms with Gasteiger partial charge in [-0.1, -0.05) is 54.6 Å². The first-order valence-electron chi connectivity index (χ1n) is 9.59. The van der Waals surface area contributed by atoms with Crippen LogP contribution >= 0.6 is 0 Å². The molecule has 0 atom stereocenters. The zero-order valence-electron chi connectivity index (χ0n) is 16.9. The summed E-state index contributed by atoms with van der Waals surface area (Å²) in [6, 6.07) is 22.6. The highest BCUT2D eigenvalue weighted by Crippen LogP contribution is 2.15. The topological polar surface area (TPSA) is 59.9 Å². The molecule has 5 nitrogen and oxygen atoms in total. The summed E-state index contributed by atoms with van der Waals surface area (Å²) in [5.41, 5.74) is 6.15. The molecule has 30 heavy (non-hydrogen) atoms. The monoisotopic (exact) mass is 400 g/mol. The number of benzene rings is 3. The molecule has 0 saturated carbocycles. The minimum Gasteiger partial charge on any atom is -0.490 e. The van der Waals surface area contributed by atoms with Crippen molar-refractivity contribution < 1.29 is 14.3 Å². The molecule has 3 aromatic carbocycles. The first-order valence-corrected chi connectivity index (χ1v) is 9.59. The van der Waals surface area contributed by atoms with Crippen LogP contribution in [0.2, 0.25) is 0 Å². The fourth-order valence-corrected chi connectivity index (χ4v) is 2.62. The number of hydrazone groups is 1. The molecule has 0 fully saturated rings. The SMILES string of the molecule is C=CCOc1cccc(/C=N/NC(=O)c2ccc(OCc3ccc(C)cc3)cc2)c1. The summed E-state index contributed by atoms with van der Waals surface area (Å²) in [6.45, 7) is 6.58. The van der Waals surface area contributed by atoms with E-state index in [1.54, 1.807) is 36.6 Å². The largest absolute Gasteiger partial charge is 0.490 e. The third-order valence-corrected chi connectivity index (χ3v) is 4.25. The minimum absolute atomic E-state index is 0.296. The van der Waals surface area contributed by atoms with E-state index in [4.69, 9.17) is 9.47 Å². The van der Waals surface area contributed by atoms with Gasteiger partial charge in [-0.2, -0.15) is 5.10 Å². The molecule has 1 amide bonds. The Hall–Kier alpha value is -3.86. The zero-order valence-corrected chi connectivity index (χ0v) is 16.9. The fraction of sp³-hybridized carbons (Fsp3) is 0.120. The standard InChI is InChI=1S/C25H24N2O3/c1-3-15-29-24-6-4-5-21(16-24)17-26-27-25(28)22-11-13-23(14-12-22)30-18-20-9-7-19(2)8-10-20/h3-14,16-17H,1,15,18H2,2H3,(H,27,28)/b26-17+. The fourth-order valence-electron chi connectivity index (χ4n) is 2.62. The Morgan fingerprint density at radius 2 is 1.77 bits per heavy atom. The Labute approximate surface area is 176 Å². The lowest BCUT2D eigenvalue weighted by Crippen LogP contribution is -2.17. The Balaban J connectivity index is 1.51. The average Bonchev–Trinajstić information content (AvgIpc) is 2.78. The number of nitrogens with zero attached hydrogens (tertiary/aromatic N) is 1. The molecule has 0 aromatic heterocycles. The van der Waals surface area contributed by atoms with Gasteiger partial charge in [0.15, 0.2) is 0 Å². The Morgan fingerprint density at radius 3 is 2.50 bits per heavy atom. The number of hydrogen-bond acceptors (Lipinski definition) is 4. The summed E-state index contributed by atoms with van der Waals surface area (Å²) in [5, 5.41) is 4.01. The highest BCUT2D eigenvalue weighted by atomic mass is 16.5. The van der Waals surface area contributed by atoms with Gasteiger partial charge in [0.05, 0.1) is 6.21 Å². The van der Waals surface area contributed by atoms with Crippen LogP contribution in [0.4, 0.5) is 0 Å². The van der Waals surface area contributed by atoms with Gasteiger partial charge >= 0.3 is 0 Å². The molecule has 0 saturated heterocycles. The van der Waals surface area contributed by atoms with Crippen LogP contribution in [-0.4, -0.2) is 18.7 Å². The van der Waals surface area contributed by atoms with E-state index in [-0.39, 0.29) is 5.91 Å². The van der Waals surface area contributed by atoms with Crippen molar-refractivity contribution in [3.63, 3.8) is 0 Å². The Morgan fingerprint density at radius 1 is 1.00 bits per heavy atom. The van der Waals surface area contributed by atoms with Crippen molar-refractivity contribution in [1.82, 2.24) is 5.43 Å². The first kappa shape index (κ1) is 20.9. The van der Waals surface area contributed by atoms with Crippen molar-refractivity contribution in [3.05, 3.63) is 108 Å². The predicted molar refractivity (Wildman–Crippen MR) is 119 cm³/mol. The molecular weight excluding hydrogens is 376 g/mol. The molecule has 0 spiro atoms. The highest BCUT2D eigenvalue weighted by molar-refractivity contribution is 5.95. The molecule has 3 rings (SSSR count). The molecule has 5 heteroatoms. The summed E-state index contributed by atoms with van der Waals surface area (Å²) < 4.78 is 11.2. The minimum atomic E-state index is -0.296. The number of aryl methyl sites for hydroxylation is 1. The molecule has 0 unspecified atom stereocenters. The van der Waals surface area contributed by atoms with E-state index in [2.05, 4.69) is 29.2 Å². The smallest absolute Gasteiger partial charge is 0.271 e. The van der Waals surface area contributed by atoms with E-state index in [0.29, 0.717) is 30.3 Å². The van der Waals surface area contributed by atoms with Crippen molar-refractivity contribution in [3.8, 4) is 11.5 Å². The Kier molecular flexibility index (Phi) is 7.39. The van der Waals surface area contributed by atoms with Gasteiger partial charge in [-0.25, -0.2) is 5.43 Å². The zero-order chi connectivity index (χ0) is 21.2. The third-order valence-electron chi connectivity index (χ3n) is 4.25. The first-order chi connectivity index (χ1) is 14.6. The second-order valence-corrected chi connectivity index (χ2v) is 6.67. The third kappa shape index (κ3) is 6.34. The van der Waals surface area contributed by atoms with Crippen molar-refractivity contribution >= 4 is 12.1 Å². The molecule has 0 bridgehead atoms. The van der Waals surface area contributed by atoms with Crippen LogP contribution in [0.1, 0.15) is 27.0 Å². The van der Waals surface area contributed by atoms with E-state index in [1.165, 1.54) is 5.56 Å². The molecule has 1 N–H and O–H groups in total. The van der Waals surface area contributed by atoms with Crippen LogP contribution in [0.5, 0.6) is 11.5 Å². The van der Waals surface area contributed by atoms with Crippen LogP contribution in [0, 0.1) is 6.92 Å². The van der Waals surface area contributed by atoms with Crippen molar-refractivity contribution in [2.45, 2.75) is 13.5 Å². The lowest BCUT2D eigenvalue weighted by Gasteiger charge is -2.07. The van der Waals surface area contributed by atoms with E-state index in [9.17, 15) is 4.79 Å². The summed E-state index contributed by atoms with van der Waals surface area (Å²) in [6.07, 6.45) is 3.25. The van der Waals surface area contributed by atoms with Gasteiger partial charge in [0.2, 0.25) is 0 Å². The number of carbonyl (C=O) groups is 1. The van der Waals surface area contributed by atoms with Crippen LogP contribution in [0.3, 0.4) is 0 Å². The van der Waals surface area contributed by atoms with Gasteiger partial charge < -0.3 is 9.47 Å². The molecule has 0 aliphatic rings. The molecule has 0 heterocycles. The van der Waals surface area contributed by atoms with Crippen molar-refractivity contribution in [2.24, 2.45) is 5.10 Å². The normalized spacial score (nSPS) is 10.6. The number of rotatable bonds is 9. The average molecular weight is 400 g/mol. The Bertz CT molecular complexity index is 1010. The van der Waals surface area contributed by atoms with Gasteiger partial charge in [-0.3, -0.25) is 4.79 Å². The maximum absolute atomic E-state index is 12.3. The van der Waals surface area contributed by atoms with Gasteiger partial charge in [0.25, 0.3) is 5.91 Å². The number of nitrogens with one attached hydrogen (secondary N) is 1. The van der Waals surface area contributed by atoms with Crippen molar-refractivity contribution in [2.75, 3.05) is 6.61 Å². The maximum atomic E-state index is 12.3. The number of amides is 1. The second kappa shape index (κ2) is 10.6. The quantitative estimate of drug-likeness (QED) is 0.316. The molecule has 3 aromatic rings. The maximum Gasteiger partial charge on any atom is 0.271 e. The molecule has 0 aliphatic carbocycles. The van der Waals surface area contributed by atoms with Crippen LogP contribution < -0.4 is 14.9 Å². The lowest BCUT2D eigenvalue weighted by molar-refractivity contribution is 0.0955. The summed E-state index contributed by atoms with van der Waals surface area (Å²) in [4.78, 5) is 12.3. The van der Waals surface area contributed by atoms with Crippen molar-refractivity contribution in [1.29, 1.82) is 0 Å². The van der Waals surface area contributed by atoms with Gasteiger partial charge in [0, 0.05) is 5.56 Å². The van der Waals surface area contributed by atoms with E-state index in [1.807, 2.05) is 43.3 Å². The van der Waals surface area contributed by atoms with E-state index in [0.717, 1.165) is 11.1 Å². The van der Waals surface area contributed by atoms with E-state index < -0.39 is 0 Å². The van der Waals surface area contributed by atoms with Crippen LogP contribution in [-0.2, 0) is 6.61 Å². The summed E-state index contributed by atoms with van der Waals surface area (Å²) in [5.74, 6) is 1.12.